The molecule has 1 amide bonds. The highest BCUT2D eigenvalue weighted by Gasteiger charge is 2.47. The van der Waals surface area contributed by atoms with Crippen molar-refractivity contribution >= 4 is 38.7 Å². The molecule has 122 valence electrons. The van der Waals surface area contributed by atoms with Crippen molar-refractivity contribution in [3.63, 3.8) is 0 Å². The van der Waals surface area contributed by atoms with Gasteiger partial charge in [0, 0.05) is 35.5 Å². The number of methoxy groups -OCH3 is 1. The molecule has 3 rings (SSSR count). The molecule has 1 saturated heterocycles. The van der Waals surface area contributed by atoms with Gasteiger partial charge in [-0.2, -0.15) is 0 Å². The lowest BCUT2D eigenvalue weighted by Crippen LogP contribution is -2.44. The van der Waals surface area contributed by atoms with Crippen molar-refractivity contribution in [3.05, 3.63) is 33.9 Å². The van der Waals surface area contributed by atoms with Crippen LogP contribution in [0.1, 0.15) is 22.5 Å². The SMILES string of the molecule is COC1(C(=O)O)CCN(C(=O)c2cc3c(C)c(Br)ccc3[nH]2)C1. The minimum Gasteiger partial charge on any atom is -0.479 e. The van der Waals surface area contributed by atoms with Crippen LogP contribution in [-0.2, 0) is 9.53 Å². The number of amides is 1. The van der Waals surface area contributed by atoms with E-state index < -0.39 is 11.6 Å². The summed E-state index contributed by atoms with van der Waals surface area (Å²) in [6.07, 6.45) is 0.287. The highest BCUT2D eigenvalue weighted by atomic mass is 79.9. The Morgan fingerprint density at radius 1 is 1.43 bits per heavy atom. The Labute approximate surface area is 141 Å². The van der Waals surface area contributed by atoms with Crippen LogP contribution in [0.2, 0.25) is 0 Å². The number of H-pyrrole nitrogens is 1. The van der Waals surface area contributed by atoms with Crippen LogP contribution in [0.5, 0.6) is 0 Å². The van der Waals surface area contributed by atoms with Gasteiger partial charge in [-0.25, -0.2) is 4.79 Å². The first-order valence-corrected chi connectivity index (χ1v) is 8.03. The number of aromatic amines is 1. The molecule has 1 aromatic heterocycles. The van der Waals surface area contributed by atoms with Crippen LogP contribution in [0.3, 0.4) is 0 Å². The quantitative estimate of drug-likeness (QED) is 0.856. The van der Waals surface area contributed by atoms with Gasteiger partial charge in [0.25, 0.3) is 5.91 Å². The minimum absolute atomic E-state index is 0.0513. The Morgan fingerprint density at radius 2 is 2.17 bits per heavy atom. The number of nitrogens with zero attached hydrogens (tertiary/aromatic N) is 1. The average Bonchev–Trinajstić information content (AvgIpc) is 3.15. The predicted molar refractivity (Wildman–Crippen MR) is 88.6 cm³/mol. The summed E-state index contributed by atoms with van der Waals surface area (Å²) in [7, 11) is 1.37. The molecule has 1 atom stereocenters. The van der Waals surface area contributed by atoms with E-state index in [-0.39, 0.29) is 18.9 Å². The largest absolute Gasteiger partial charge is 0.479 e. The Bertz CT molecular complexity index is 801. The van der Waals surface area contributed by atoms with Gasteiger partial charge in [0.1, 0.15) is 5.69 Å². The lowest BCUT2D eigenvalue weighted by molar-refractivity contribution is -0.160. The first kappa shape index (κ1) is 16.0. The minimum atomic E-state index is -1.30. The first-order valence-electron chi connectivity index (χ1n) is 7.23. The van der Waals surface area contributed by atoms with Gasteiger partial charge in [0.2, 0.25) is 0 Å². The molecule has 0 bridgehead atoms. The summed E-state index contributed by atoms with van der Waals surface area (Å²) < 4.78 is 6.14. The second-order valence-corrected chi connectivity index (χ2v) is 6.65. The Morgan fingerprint density at radius 3 is 2.78 bits per heavy atom. The van der Waals surface area contributed by atoms with E-state index in [0.29, 0.717) is 12.2 Å². The second-order valence-electron chi connectivity index (χ2n) is 5.80. The molecule has 23 heavy (non-hydrogen) atoms. The van der Waals surface area contributed by atoms with Gasteiger partial charge in [-0.3, -0.25) is 4.79 Å². The Hall–Kier alpha value is -1.86. The number of fused-ring (bicyclic) bond motifs is 1. The summed E-state index contributed by atoms with van der Waals surface area (Å²) in [6.45, 7) is 2.39. The van der Waals surface area contributed by atoms with Gasteiger partial charge in [0.05, 0.1) is 6.54 Å². The number of carboxylic acid groups (broad SMARTS) is 1. The van der Waals surface area contributed by atoms with Crippen LogP contribution in [0, 0.1) is 6.92 Å². The number of carbonyl (C=O) groups is 2. The number of benzene rings is 1. The van der Waals surface area contributed by atoms with Gasteiger partial charge in [-0.15, -0.1) is 0 Å². The zero-order valence-electron chi connectivity index (χ0n) is 12.9. The van der Waals surface area contributed by atoms with Gasteiger partial charge in [0.15, 0.2) is 5.60 Å². The van der Waals surface area contributed by atoms with E-state index in [9.17, 15) is 14.7 Å². The van der Waals surface area contributed by atoms with Gasteiger partial charge in [-0.1, -0.05) is 15.9 Å². The zero-order valence-corrected chi connectivity index (χ0v) is 14.4. The lowest BCUT2D eigenvalue weighted by Gasteiger charge is -2.22. The van der Waals surface area contributed by atoms with Gasteiger partial charge >= 0.3 is 5.97 Å². The summed E-state index contributed by atoms with van der Waals surface area (Å²) in [5.41, 5.74) is 1.08. The van der Waals surface area contributed by atoms with Crippen molar-refractivity contribution in [1.29, 1.82) is 0 Å². The summed E-state index contributed by atoms with van der Waals surface area (Å²) >= 11 is 3.48. The zero-order chi connectivity index (χ0) is 16.8. The van der Waals surface area contributed by atoms with Crippen molar-refractivity contribution in [2.24, 2.45) is 0 Å². The summed E-state index contributed by atoms with van der Waals surface area (Å²) in [5, 5.41) is 10.3. The number of halogens is 1. The maximum Gasteiger partial charge on any atom is 0.337 e. The highest BCUT2D eigenvalue weighted by Crippen LogP contribution is 2.29. The fourth-order valence-corrected chi connectivity index (χ4v) is 3.34. The molecule has 2 N–H and O–H groups in total. The third kappa shape index (κ3) is 2.53. The number of ether oxygens (including phenoxy) is 1. The fraction of sp³-hybridized carbons (Fsp3) is 0.375. The molecule has 0 radical (unpaired) electrons. The van der Waals surface area contributed by atoms with E-state index in [1.165, 1.54) is 12.0 Å². The molecular weight excluding hydrogens is 364 g/mol. The summed E-state index contributed by atoms with van der Waals surface area (Å²) in [4.78, 5) is 28.7. The number of carbonyl (C=O) groups excluding carboxylic acids is 1. The molecule has 2 heterocycles. The topological polar surface area (TPSA) is 82.6 Å². The maximum atomic E-state index is 12.7. The van der Waals surface area contributed by atoms with Crippen LogP contribution >= 0.6 is 15.9 Å². The number of hydrogen-bond donors (Lipinski definition) is 2. The van der Waals surface area contributed by atoms with Crippen molar-refractivity contribution in [3.8, 4) is 0 Å². The van der Waals surface area contributed by atoms with Gasteiger partial charge < -0.3 is 19.7 Å². The van der Waals surface area contributed by atoms with E-state index in [4.69, 9.17) is 4.74 Å². The van der Waals surface area contributed by atoms with E-state index in [2.05, 4.69) is 20.9 Å². The van der Waals surface area contributed by atoms with Crippen molar-refractivity contribution in [2.45, 2.75) is 18.9 Å². The number of likely N-dealkylation sites (tertiary alicyclic amines) is 1. The van der Waals surface area contributed by atoms with Gasteiger partial charge in [-0.05, 0) is 30.7 Å². The van der Waals surface area contributed by atoms with Crippen LogP contribution < -0.4 is 0 Å². The maximum absolute atomic E-state index is 12.7. The molecule has 1 unspecified atom stereocenters. The summed E-state index contributed by atoms with van der Waals surface area (Å²) in [6, 6.07) is 5.65. The van der Waals surface area contributed by atoms with Crippen LogP contribution in [0.25, 0.3) is 10.9 Å². The number of nitrogens with one attached hydrogen (secondary N) is 1. The third-order valence-electron chi connectivity index (χ3n) is 4.54. The van der Waals surface area contributed by atoms with Crippen molar-refractivity contribution < 1.29 is 19.4 Å². The normalized spacial score (nSPS) is 21.1. The molecule has 1 fully saturated rings. The molecular formula is C16H17BrN2O4. The number of hydrogen-bond acceptors (Lipinski definition) is 3. The van der Waals surface area contributed by atoms with E-state index in [1.807, 2.05) is 25.1 Å². The van der Waals surface area contributed by atoms with E-state index >= 15 is 0 Å². The second kappa shape index (κ2) is 5.65. The molecule has 1 aromatic carbocycles. The summed E-state index contributed by atoms with van der Waals surface area (Å²) in [5.74, 6) is -1.25. The highest BCUT2D eigenvalue weighted by molar-refractivity contribution is 9.10. The Kier molecular flexibility index (Phi) is 3.93. The molecule has 7 heteroatoms. The average molecular weight is 381 g/mol. The molecule has 2 aromatic rings. The standard InChI is InChI=1S/C16H17BrN2O4/c1-9-10-7-13(18-12(10)4-3-11(9)17)14(20)19-6-5-16(8-19,23-2)15(21)22/h3-4,7,18H,5-6,8H2,1-2H3,(H,21,22). The van der Waals surface area contributed by atoms with Crippen LogP contribution in [0.4, 0.5) is 0 Å². The number of rotatable bonds is 3. The fourth-order valence-electron chi connectivity index (χ4n) is 2.99. The molecule has 0 spiro atoms. The van der Waals surface area contributed by atoms with E-state index in [1.54, 1.807) is 0 Å². The Balaban J connectivity index is 1.90. The first-order chi connectivity index (χ1) is 10.9. The van der Waals surface area contributed by atoms with Crippen LogP contribution in [0.15, 0.2) is 22.7 Å². The number of aryl methyl sites for hydroxylation is 1. The molecule has 1 aliphatic rings. The molecule has 0 saturated carbocycles. The number of aromatic nitrogens is 1. The smallest absolute Gasteiger partial charge is 0.337 e. The molecule has 1 aliphatic heterocycles. The molecule has 6 nitrogen and oxygen atoms in total. The lowest BCUT2D eigenvalue weighted by atomic mass is 10.0. The number of carboxylic acids is 1. The van der Waals surface area contributed by atoms with Crippen LogP contribution in [-0.4, -0.2) is 52.7 Å². The predicted octanol–water partition coefficient (Wildman–Crippen LogP) is 2.55. The monoisotopic (exact) mass is 380 g/mol. The third-order valence-corrected chi connectivity index (χ3v) is 5.40. The van der Waals surface area contributed by atoms with Crippen molar-refractivity contribution in [2.75, 3.05) is 20.2 Å². The number of aliphatic carboxylic acids is 1. The molecule has 0 aliphatic carbocycles. The van der Waals surface area contributed by atoms with E-state index in [0.717, 1.165) is 20.9 Å². The van der Waals surface area contributed by atoms with Crippen molar-refractivity contribution in [1.82, 2.24) is 9.88 Å².